The van der Waals surface area contributed by atoms with Gasteiger partial charge in [0.2, 0.25) is 5.91 Å². The topological polar surface area (TPSA) is 76.7 Å². The third-order valence-electron chi connectivity index (χ3n) is 4.84. The summed E-state index contributed by atoms with van der Waals surface area (Å²) in [5.41, 5.74) is 1.91. The molecule has 0 aliphatic rings. The predicted molar refractivity (Wildman–Crippen MR) is 135 cm³/mol. The molecule has 3 aromatic carbocycles. The largest absolute Gasteiger partial charge is 0.489 e. The second-order valence-electron chi connectivity index (χ2n) is 8.98. The standard InChI is InChI=1S/C28H32N2O4/c1-28(2,3)34-26(31)18-17-25(27(32)30-22-13-8-5-9-14-22)29-23-15-10-16-24(19-23)33-20-21-11-6-4-7-12-21/h4-16,19,25,29H,17-18,20H2,1-3H3,(H,30,32). The molecule has 0 aliphatic carbocycles. The highest BCUT2D eigenvalue weighted by Crippen LogP contribution is 2.21. The van der Waals surface area contributed by atoms with Crippen LogP contribution in [0.25, 0.3) is 0 Å². The van der Waals surface area contributed by atoms with Crippen LogP contribution in [0.3, 0.4) is 0 Å². The minimum Gasteiger partial charge on any atom is -0.489 e. The van der Waals surface area contributed by atoms with Crippen molar-refractivity contribution < 1.29 is 19.1 Å². The molecule has 1 amide bonds. The summed E-state index contributed by atoms with van der Waals surface area (Å²) >= 11 is 0. The van der Waals surface area contributed by atoms with Gasteiger partial charge >= 0.3 is 5.97 Å². The van der Waals surface area contributed by atoms with Gasteiger partial charge in [0.15, 0.2) is 0 Å². The summed E-state index contributed by atoms with van der Waals surface area (Å²) in [6.45, 7) is 5.91. The molecule has 0 aromatic heterocycles. The van der Waals surface area contributed by atoms with Crippen molar-refractivity contribution in [3.8, 4) is 5.75 Å². The second kappa shape index (κ2) is 11.9. The molecule has 6 nitrogen and oxygen atoms in total. The number of anilines is 2. The van der Waals surface area contributed by atoms with Gasteiger partial charge in [0, 0.05) is 23.9 Å². The molecular weight excluding hydrogens is 428 g/mol. The third kappa shape index (κ3) is 8.62. The molecule has 0 radical (unpaired) electrons. The lowest BCUT2D eigenvalue weighted by atomic mass is 10.1. The van der Waals surface area contributed by atoms with Crippen LogP contribution in [0, 0.1) is 0 Å². The van der Waals surface area contributed by atoms with Crippen molar-refractivity contribution in [3.63, 3.8) is 0 Å². The Balaban J connectivity index is 1.68. The molecule has 0 saturated heterocycles. The number of amides is 1. The monoisotopic (exact) mass is 460 g/mol. The van der Waals surface area contributed by atoms with Gasteiger partial charge < -0.3 is 20.1 Å². The van der Waals surface area contributed by atoms with E-state index in [0.717, 1.165) is 11.3 Å². The Kier molecular flexibility index (Phi) is 8.68. The van der Waals surface area contributed by atoms with Crippen LogP contribution in [0.1, 0.15) is 39.2 Å². The molecule has 6 heteroatoms. The van der Waals surface area contributed by atoms with E-state index in [0.29, 0.717) is 18.0 Å². The molecule has 1 atom stereocenters. The summed E-state index contributed by atoms with van der Waals surface area (Å²) in [4.78, 5) is 25.3. The van der Waals surface area contributed by atoms with Crippen molar-refractivity contribution in [1.29, 1.82) is 0 Å². The van der Waals surface area contributed by atoms with E-state index in [1.165, 1.54) is 0 Å². The molecule has 0 bridgehead atoms. The number of nitrogens with one attached hydrogen (secondary N) is 2. The van der Waals surface area contributed by atoms with E-state index in [2.05, 4.69) is 10.6 Å². The van der Waals surface area contributed by atoms with Crippen molar-refractivity contribution in [1.82, 2.24) is 0 Å². The van der Waals surface area contributed by atoms with Gasteiger partial charge in [0.25, 0.3) is 0 Å². The molecule has 0 saturated carbocycles. The Labute approximate surface area is 201 Å². The zero-order valence-corrected chi connectivity index (χ0v) is 19.9. The average molecular weight is 461 g/mol. The average Bonchev–Trinajstić information content (AvgIpc) is 2.81. The van der Waals surface area contributed by atoms with Crippen LogP contribution >= 0.6 is 0 Å². The van der Waals surface area contributed by atoms with Crippen LogP contribution in [-0.4, -0.2) is 23.5 Å². The van der Waals surface area contributed by atoms with Gasteiger partial charge in [-0.1, -0.05) is 54.6 Å². The Morgan fingerprint density at radius 1 is 0.853 bits per heavy atom. The molecule has 0 heterocycles. The fourth-order valence-electron chi connectivity index (χ4n) is 3.29. The van der Waals surface area contributed by atoms with Gasteiger partial charge in [-0.15, -0.1) is 0 Å². The summed E-state index contributed by atoms with van der Waals surface area (Å²) in [5.74, 6) is 0.111. The minimum atomic E-state index is -0.642. The van der Waals surface area contributed by atoms with Crippen molar-refractivity contribution in [2.45, 2.75) is 51.9 Å². The van der Waals surface area contributed by atoms with Gasteiger partial charge in [0.05, 0.1) is 0 Å². The lowest BCUT2D eigenvalue weighted by molar-refractivity contribution is -0.154. The molecule has 3 rings (SSSR count). The highest BCUT2D eigenvalue weighted by Gasteiger charge is 2.23. The lowest BCUT2D eigenvalue weighted by Gasteiger charge is -2.22. The van der Waals surface area contributed by atoms with E-state index in [4.69, 9.17) is 9.47 Å². The molecule has 1 unspecified atom stereocenters. The van der Waals surface area contributed by atoms with Crippen molar-refractivity contribution in [3.05, 3.63) is 90.5 Å². The van der Waals surface area contributed by atoms with Crippen LogP contribution in [0.15, 0.2) is 84.9 Å². The maximum absolute atomic E-state index is 13.1. The van der Waals surface area contributed by atoms with E-state index in [1.807, 2.05) is 106 Å². The number of rotatable bonds is 10. The number of ether oxygens (including phenoxy) is 2. The summed E-state index contributed by atoms with van der Waals surface area (Å²) in [6, 6.07) is 25.9. The first-order chi connectivity index (χ1) is 16.3. The highest BCUT2D eigenvalue weighted by molar-refractivity contribution is 5.96. The molecule has 3 aromatic rings. The molecule has 0 fully saturated rings. The SMILES string of the molecule is CC(C)(C)OC(=O)CCC(Nc1cccc(OCc2ccccc2)c1)C(=O)Nc1ccccc1. The maximum Gasteiger partial charge on any atom is 0.306 e. The second-order valence-corrected chi connectivity index (χ2v) is 8.98. The van der Waals surface area contributed by atoms with E-state index in [9.17, 15) is 9.59 Å². The number of hydrogen-bond acceptors (Lipinski definition) is 5. The zero-order chi connectivity index (χ0) is 24.4. The molecule has 0 aliphatic heterocycles. The van der Waals surface area contributed by atoms with Crippen molar-refractivity contribution in [2.75, 3.05) is 10.6 Å². The van der Waals surface area contributed by atoms with Crippen molar-refractivity contribution >= 4 is 23.3 Å². The maximum atomic E-state index is 13.1. The normalized spacial score (nSPS) is 11.9. The predicted octanol–water partition coefficient (Wildman–Crippen LogP) is 5.81. The quantitative estimate of drug-likeness (QED) is 0.374. The Hall–Kier alpha value is -3.80. The van der Waals surface area contributed by atoms with Gasteiger partial charge in [-0.3, -0.25) is 9.59 Å². The summed E-state index contributed by atoms with van der Waals surface area (Å²) in [5, 5.41) is 6.17. The molecule has 2 N–H and O–H groups in total. The Bertz CT molecular complexity index is 1060. The molecule has 178 valence electrons. The smallest absolute Gasteiger partial charge is 0.306 e. The van der Waals surface area contributed by atoms with Crippen LogP contribution < -0.4 is 15.4 Å². The highest BCUT2D eigenvalue weighted by atomic mass is 16.6. The van der Waals surface area contributed by atoms with E-state index in [-0.39, 0.29) is 24.7 Å². The van der Waals surface area contributed by atoms with Gasteiger partial charge in [-0.05, 0) is 57.0 Å². The number of hydrogen-bond donors (Lipinski definition) is 2. The summed E-state index contributed by atoms with van der Waals surface area (Å²) in [7, 11) is 0. The van der Waals surface area contributed by atoms with E-state index < -0.39 is 11.6 Å². The number of carbonyl (C=O) groups is 2. The van der Waals surface area contributed by atoms with Crippen LogP contribution in [0.4, 0.5) is 11.4 Å². The van der Waals surface area contributed by atoms with Crippen LogP contribution in [-0.2, 0) is 20.9 Å². The van der Waals surface area contributed by atoms with Crippen molar-refractivity contribution in [2.24, 2.45) is 0 Å². The number of carbonyl (C=O) groups excluding carboxylic acids is 2. The first kappa shape index (κ1) is 24.8. The Morgan fingerprint density at radius 3 is 2.18 bits per heavy atom. The van der Waals surface area contributed by atoms with Crippen LogP contribution in [0.2, 0.25) is 0 Å². The molecular formula is C28H32N2O4. The number of esters is 1. The number of para-hydroxylation sites is 1. The Morgan fingerprint density at radius 2 is 1.50 bits per heavy atom. The fourth-order valence-corrected chi connectivity index (χ4v) is 3.29. The number of benzene rings is 3. The minimum absolute atomic E-state index is 0.112. The first-order valence-electron chi connectivity index (χ1n) is 11.4. The lowest BCUT2D eigenvalue weighted by Crippen LogP contribution is -2.35. The van der Waals surface area contributed by atoms with Gasteiger partial charge in [-0.2, -0.15) is 0 Å². The van der Waals surface area contributed by atoms with Crippen LogP contribution in [0.5, 0.6) is 5.75 Å². The third-order valence-corrected chi connectivity index (χ3v) is 4.84. The van der Waals surface area contributed by atoms with E-state index in [1.54, 1.807) is 0 Å². The molecule has 34 heavy (non-hydrogen) atoms. The fraction of sp³-hybridized carbons (Fsp3) is 0.286. The zero-order valence-electron chi connectivity index (χ0n) is 19.9. The van der Waals surface area contributed by atoms with Gasteiger partial charge in [-0.25, -0.2) is 0 Å². The summed E-state index contributed by atoms with van der Waals surface area (Å²) in [6.07, 6.45) is 0.393. The van der Waals surface area contributed by atoms with Gasteiger partial charge in [0.1, 0.15) is 24.0 Å². The first-order valence-corrected chi connectivity index (χ1v) is 11.4. The molecule has 0 spiro atoms. The van der Waals surface area contributed by atoms with E-state index >= 15 is 0 Å². The summed E-state index contributed by atoms with van der Waals surface area (Å²) < 4.78 is 11.3.